The summed E-state index contributed by atoms with van der Waals surface area (Å²) >= 11 is 0. The van der Waals surface area contributed by atoms with Crippen LogP contribution in [0.4, 0.5) is 13.2 Å². The molecular formula is C24H17F3N4O. The highest BCUT2D eigenvalue weighted by Crippen LogP contribution is 2.48. The van der Waals surface area contributed by atoms with Crippen molar-refractivity contribution in [3.8, 4) is 16.9 Å². The van der Waals surface area contributed by atoms with Crippen LogP contribution in [0.25, 0.3) is 33.4 Å². The molecule has 6 rings (SSSR count). The first-order valence-corrected chi connectivity index (χ1v) is 10.2. The summed E-state index contributed by atoms with van der Waals surface area (Å²) in [5.41, 5.74) is 5.30. The van der Waals surface area contributed by atoms with Gasteiger partial charge in [0.2, 0.25) is 0 Å². The van der Waals surface area contributed by atoms with Gasteiger partial charge in [0.25, 0.3) is 5.56 Å². The van der Waals surface area contributed by atoms with Crippen LogP contribution < -0.4 is 10.9 Å². The van der Waals surface area contributed by atoms with Crippen molar-refractivity contribution in [2.45, 2.75) is 18.6 Å². The van der Waals surface area contributed by atoms with E-state index < -0.39 is 11.7 Å². The summed E-state index contributed by atoms with van der Waals surface area (Å²) in [5.74, 6) is 0. The molecule has 4 heterocycles. The van der Waals surface area contributed by atoms with Crippen molar-refractivity contribution in [2.75, 3.05) is 0 Å². The number of halogens is 3. The smallest absolute Gasteiger partial charge is 0.383 e. The highest BCUT2D eigenvalue weighted by molar-refractivity contribution is 5.95. The third kappa shape index (κ3) is 2.65. The second-order valence-electron chi connectivity index (χ2n) is 8.17. The van der Waals surface area contributed by atoms with Gasteiger partial charge in [0, 0.05) is 54.6 Å². The number of nitrogens with zero attached hydrogens (tertiary/aromatic N) is 3. The zero-order chi connectivity index (χ0) is 22.2. The standard InChI is InChI=1S/C24H17F3N4O/c1-30-20-10-16(3-4-17(20)22-19-8-14(11-28-19)23(22)30)31-7-6-13(9-21(31)32)18-5-2-15(12-29-18)24(25,26)27/h2-7,9-12,19,28H,8H2,1H3. The molecule has 160 valence electrons. The number of benzene rings is 1. The Labute approximate surface area is 180 Å². The van der Waals surface area contributed by atoms with Crippen molar-refractivity contribution in [1.29, 1.82) is 0 Å². The average Bonchev–Trinajstić information content (AvgIpc) is 3.46. The van der Waals surface area contributed by atoms with E-state index in [4.69, 9.17) is 0 Å². The van der Waals surface area contributed by atoms with E-state index in [1.807, 2.05) is 25.2 Å². The molecule has 1 unspecified atom stereocenters. The van der Waals surface area contributed by atoms with Gasteiger partial charge in [-0.3, -0.25) is 14.3 Å². The van der Waals surface area contributed by atoms with E-state index >= 15 is 0 Å². The number of rotatable bonds is 2. The maximum atomic E-state index is 12.8. The summed E-state index contributed by atoms with van der Waals surface area (Å²) in [4.78, 5) is 16.7. The molecule has 0 saturated heterocycles. The fourth-order valence-electron chi connectivity index (χ4n) is 4.82. The lowest BCUT2D eigenvalue weighted by molar-refractivity contribution is -0.137. The Kier molecular flexibility index (Phi) is 3.75. The normalized spacial score (nSPS) is 16.9. The molecule has 1 atom stereocenters. The van der Waals surface area contributed by atoms with Gasteiger partial charge >= 0.3 is 6.18 Å². The number of hydrogen-bond donors (Lipinski definition) is 1. The number of alkyl halides is 3. The number of nitrogens with one attached hydrogen (secondary N) is 1. The molecule has 1 aromatic carbocycles. The highest BCUT2D eigenvalue weighted by Gasteiger charge is 2.35. The SMILES string of the molecule is Cn1c2c(c3ccc(-n4ccc(-c5ccc(C(F)(F)F)cn5)cc4=O)cc31)C1CC2=CN1. The van der Waals surface area contributed by atoms with Crippen molar-refractivity contribution in [3.05, 3.63) is 88.2 Å². The van der Waals surface area contributed by atoms with Gasteiger partial charge in [-0.25, -0.2) is 0 Å². The summed E-state index contributed by atoms with van der Waals surface area (Å²) in [7, 11) is 2.04. The maximum Gasteiger partial charge on any atom is 0.417 e. The molecular weight excluding hydrogens is 417 g/mol. The van der Waals surface area contributed by atoms with Gasteiger partial charge in [-0.15, -0.1) is 0 Å². The van der Waals surface area contributed by atoms with Crippen molar-refractivity contribution in [2.24, 2.45) is 7.05 Å². The third-order valence-corrected chi connectivity index (χ3v) is 6.34. The molecule has 8 heteroatoms. The summed E-state index contributed by atoms with van der Waals surface area (Å²) in [6, 6.07) is 11.6. The van der Waals surface area contributed by atoms with Crippen LogP contribution in [0.5, 0.6) is 0 Å². The van der Waals surface area contributed by atoms with Crippen molar-refractivity contribution < 1.29 is 13.2 Å². The van der Waals surface area contributed by atoms with Gasteiger partial charge in [-0.1, -0.05) is 6.07 Å². The van der Waals surface area contributed by atoms with E-state index in [0.717, 1.165) is 29.9 Å². The van der Waals surface area contributed by atoms with Gasteiger partial charge in [0.1, 0.15) is 0 Å². The van der Waals surface area contributed by atoms with Crippen LogP contribution in [0.1, 0.15) is 29.3 Å². The van der Waals surface area contributed by atoms with Gasteiger partial charge in [-0.05, 0) is 35.9 Å². The molecule has 1 N–H and O–H groups in total. The Hall–Kier alpha value is -3.81. The van der Waals surface area contributed by atoms with Crippen LogP contribution in [0, 0.1) is 0 Å². The van der Waals surface area contributed by atoms with Gasteiger partial charge < -0.3 is 9.88 Å². The minimum atomic E-state index is -4.45. The average molecular weight is 434 g/mol. The first-order valence-electron chi connectivity index (χ1n) is 10.2. The topological polar surface area (TPSA) is 51.9 Å². The second kappa shape index (κ2) is 6.35. The fraction of sp³-hybridized carbons (Fsp3) is 0.167. The second-order valence-corrected chi connectivity index (χ2v) is 8.17. The molecule has 0 radical (unpaired) electrons. The van der Waals surface area contributed by atoms with E-state index in [-0.39, 0.29) is 5.56 Å². The molecule has 32 heavy (non-hydrogen) atoms. The zero-order valence-corrected chi connectivity index (χ0v) is 16.9. The Bertz CT molecular complexity index is 1490. The molecule has 2 bridgehead atoms. The van der Waals surface area contributed by atoms with Crippen LogP contribution in [0.3, 0.4) is 0 Å². The summed E-state index contributed by atoms with van der Waals surface area (Å²) in [6.07, 6.45) is 1.04. The van der Waals surface area contributed by atoms with Gasteiger partial charge in [-0.2, -0.15) is 13.2 Å². The maximum absolute atomic E-state index is 12.8. The predicted molar refractivity (Wildman–Crippen MR) is 115 cm³/mol. The minimum Gasteiger partial charge on any atom is -0.383 e. The fourth-order valence-corrected chi connectivity index (χ4v) is 4.82. The Morgan fingerprint density at radius 2 is 1.97 bits per heavy atom. The van der Waals surface area contributed by atoms with E-state index in [9.17, 15) is 18.0 Å². The zero-order valence-electron chi connectivity index (χ0n) is 16.9. The molecule has 3 aromatic heterocycles. The number of hydrogen-bond acceptors (Lipinski definition) is 3. The van der Waals surface area contributed by atoms with Crippen LogP contribution >= 0.6 is 0 Å². The van der Waals surface area contributed by atoms with Crippen molar-refractivity contribution >= 4 is 16.5 Å². The molecule has 2 aliphatic rings. The van der Waals surface area contributed by atoms with E-state index in [0.29, 0.717) is 17.3 Å². The number of fused-ring (bicyclic) bond motifs is 7. The Balaban J connectivity index is 1.39. The quantitative estimate of drug-likeness (QED) is 0.493. The monoisotopic (exact) mass is 434 g/mol. The lowest BCUT2D eigenvalue weighted by Crippen LogP contribution is -2.16. The van der Waals surface area contributed by atoms with Crippen LogP contribution in [-0.2, 0) is 13.2 Å². The summed E-state index contributed by atoms with van der Waals surface area (Å²) < 4.78 is 42.0. The number of aromatic nitrogens is 3. The first kappa shape index (κ1) is 18.9. The molecule has 1 aliphatic heterocycles. The lowest BCUT2D eigenvalue weighted by Gasteiger charge is -2.10. The van der Waals surface area contributed by atoms with Crippen LogP contribution in [0.15, 0.2) is 65.9 Å². The first-order chi connectivity index (χ1) is 15.3. The summed E-state index contributed by atoms with van der Waals surface area (Å²) in [5, 5.41) is 4.58. The molecule has 0 spiro atoms. The molecule has 4 aromatic rings. The molecule has 5 nitrogen and oxygen atoms in total. The molecule has 0 amide bonds. The van der Waals surface area contributed by atoms with Gasteiger partial charge in [0.15, 0.2) is 0 Å². The Morgan fingerprint density at radius 3 is 2.69 bits per heavy atom. The van der Waals surface area contributed by atoms with Crippen LogP contribution in [0.2, 0.25) is 0 Å². The minimum absolute atomic E-state index is 0.283. The Morgan fingerprint density at radius 1 is 1.12 bits per heavy atom. The largest absolute Gasteiger partial charge is 0.417 e. The van der Waals surface area contributed by atoms with Gasteiger partial charge in [0.05, 0.1) is 34.2 Å². The van der Waals surface area contributed by atoms with E-state index in [1.54, 1.807) is 12.3 Å². The van der Waals surface area contributed by atoms with Crippen LogP contribution in [-0.4, -0.2) is 14.1 Å². The summed E-state index contributed by atoms with van der Waals surface area (Å²) in [6.45, 7) is 0. The van der Waals surface area contributed by atoms with E-state index in [2.05, 4.69) is 21.1 Å². The van der Waals surface area contributed by atoms with E-state index in [1.165, 1.54) is 38.9 Å². The third-order valence-electron chi connectivity index (χ3n) is 6.34. The lowest BCUT2D eigenvalue weighted by atomic mass is 10.1. The van der Waals surface area contributed by atoms with Crippen molar-refractivity contribution in [1.82, 2.24) is 19.4 Å². The molecule has 1 aliphatic carbocycles. The number of pyridine rings is 2. The van der Waals surface area contributed by atoms with Crippen molar-refractivity contribution in [3.63, 3.8) is 0 Å². The highest BCUT2D eigenvalue weighted by atomic mass is 19.4. The molecule has 0 fully saturated rings. The number of aryl methyl sites for hydroxylation is 1. The predicted octanol–water partition coefficient (Wildman–Crippen LogP) is 4.80. The molecule has 0 saturated carbocycles.